The van der Waals surface area contributed by atoms with Crippen LogP contribution in [0.4, 0.5) is 10.5 Å². The molecule has 4 nitrogen and oxygen atoms in total. The van der Waals surface area contributed by atoms with Gasteiger partial charge in [0.15, 0.2) is 0 Å². The molecule has 94 valence electrons. The Morgan fingerprint density at radius 3 is 2.94 bits per heavy atom. The number of pyridine rings is 1. The van der Waals surface area contributed by atoms with Gasteiger partial charge in [-0.05, 0) is 41.9 Å². The number of para-hydroxylation sites is 1. The van der Waals surface area contributed by atoms with Gasteiger partial charge in [0, 0.05) is 16.1 Å². The molecule has 0 radical (unpaired) electrons. The van der Waals surface area contributed by atoms with Crippen LogP contribution < -0.4 is 5.32 Å². The number of carbonyl (C=O) groups excluding carboxylic acids is 1. The van der Waals surface area contributed by atoms with Gasteiger partial charge in [0.05, 0.1) is 17.3 Å². The average molecular weight is 309 g/mol. The van der Waals surface area contributed by atoms with Crippen molar-refractivity contribution in [3.05, 3.63) is 34.9 Å². The minimum atomic E-state index is -0.470. The maximum Gasteiger partial charge on any atom is 0.411 e. The standard InChI is InChI=1S/C13H13BrN2O2/c1-8(2)18-13(17)16-11-5-3-4-9-6-10(14)7-15-12(9)11/h3-8H,1-2H3,(H,16,17). The lowest BCUT2D eigenvalue weighted by Crippen LogP contribution is -2.18. The van der Waals surface area contributed by atoms with E-state index in [0.29, 0.717) is 5.69 Å². The summed E-state index contributed by atoms with van der Waals surface area (Å²) in [5.41, 5.74) is 1.38. The first kappa shape index (κ1) is 12.8. The monoisotopic (exact) mass is 308 g/mol. The fourth-order valence-corrected chi connectivity index (χ4v) is 1.94. The number of rotatable bonds is 2. The minimum Gasteiger partial charge on any atom is -0.447 e. The van der Waals surface area contributed by atoms with Crippen LogP contribution in [0.3, 0.4) is 0 Å². The van der Waals surface area contributed by atoms with Crippen LogP contribution in [0.5, 0.6) is 0 Å². The Morgan fingerprint density at radius 2 is 2.22 bits per heavy atom. The summed E-state index contributed by atoms with van der Waals surface area (Å²) in [5.74, 6) is 0. The highest BCUT2D eigenvalue weighted by molar-refractivity contribution is 9.10. The van der Waals surface area contributed by atoms with Crippen molar-refractivity contribution in [3.63, 3.8) is 0 Å². The molecule has 0 saturated heterocycles. The van der Waals surface area contributed by atoms with Gasteiger partial charge in [0.1, 0.15) is 0 Å². The summed E-state index contributed by atoms with van der Waals surface area (Å²) in [4.78, 5) is 15.9. The van der Waals surface area contributed by atoms with E-state index in [1.807, 2.05) is 18.2 Å². The number of nitrogens with zero attached hydrogens (tertiary/aromatic N) is 1. The number of hydrogen-bond acceptors (Lipinski definition) is 3. The van der Waals surface area contributed by atoms with Gasteiger partial charge >= 0.3 is 6.09 Å². The number of nitrogens with one attached hydrogen (secondary N) is 1. The number of aromatic nitrogens is 1. The molecule has 1 heterocycles. The van der Waals surface area contributed by atoms with Crippen molar-refractivity contribution in [1.29, 1.82) is 0 Å². The van der Waals surface area contributed by atoms with E-state index in [4.69, 9.17) is 4.74 Å². The molecule has 2 aromatic rings. The number of benzene rings is 1. The van der Waals surface area contributed by atoms with E-state index in [9.17, 15) is 4.79 Å². The third-order valence-electron chi connectivity index (χ3n) is 2.26. The smallest absolute Gasteiger partial charge is 0.411 e. The quantitative estimate of drug-likeness (QED) is 0.913. The lowest BCUT2D eigenvalue weighted by Gasteiger charge is -2.10. The molecule has 1 amide bonds. The maximum absolute atomic E-state index is 11.6. The van der Waals surface area contributed by atoms with E-state index in [-0.39, 0.29) is 6.10 Å². The zero-order valence-corrected chi connectivity index (χ0v) is 11.7. The van der Waals surface area contributed by atoms with Crippen LogP contribution in [0.2, 0.25) is 0 Å². The summed E-state index contributed by atoms with van der Waals surface area (Å²) in [7, 11) is 0. The molecule has 0 aliphatic heterocycles. The summed E-state index contributed by atoms with van der Waals surface area (Å²) in [6.45, 7) is 3.61. The molecule has 1 N–H and O–H groups in total. The van der Waals surface area contributed by atoms with Gasteiger partial charge in [0.2, 0.25) is 0 Å². The van der Waals surface area contributed by atoms with Gasteiger partial charge in [-0.3, -0.25) is 10.3 Å². The van der Waals surface area contributed by atoms with Crippen LogP contribution in [0.25, 0.3) is 10.9 Å². The van der Waals surface area contributed by atoms with Crippen molar-refractivity contribution in [2.75, 3.05) is 5.32 Å². The second-order valence-corrected chi connectivity index (χ2v) is 5.03. The molecule has 1 aromatic carbocycles. The molecular formula is C13H13BrN2O2. The summed E-state index contributed by atoms with van der Waals surface area (Å²) in [6, 6.07) is 7.54. The van der Waals surface area contributed by atoms with Crippen molar-refractivity contribution in [3.8, 4) is 0 Å². The van der Waals surface area contributed by atoms with Gasteiger partial charge in [-0.1, -0.05) is 12.1 Å². The fraction of sp³-hybridized carbons (Fsp3) is 0.231. The lowest BCUT2D eigenvalue weighted by molar-refractivity contribution is 0.130. The van der Waals surface area contributed by atoms with Crippen LogP contribution >= 0.6 is 15.9 Å². The Kier molecular flexibility index (Phi) is 3.81. The highest BCUT2D eigenvalue weighted by Crippen LogP contribution is 2.24. The summed E-state index contributed by atoms with van der Waals surface area (Å²) in [6.07, 6.45) is 1.07. The van der Waals surface area contributed by atoms with Crippen LogP contribution in [-0.4, -0.2) is 17.2 Å². The van der Waals surface area contributed by atoms with Crippen molar-refractivity contribution in [2.45, 2.75) is 20.0 Å². The number of hydrogen-bond donors (Lipinski definition) is 1. The van der Waals surface area contributed by atoms with Crippen LogP contribution in [0, 0.1) is 0 Å². The zero-order chi connectivity index (χ0) is 13.1. The maximum atomic E-state index is 11.6. The minimum absolute atomic E-state index is 0.151. The summed E-state index contributed by atoms with van der Waals surface area (Å²) < 4.78 is 5.94. The topological polar surface area (TPSA) is 51.2 Å². The Hall–Kier alpha value is -1.62. The summed E-state index contributed by atoms with van der Waals surface area (Å²) in [5, 5.41) is 3.65. The number of amides is 1. The van der Waals surface area contributed by atoms with Gasteiger partial charge in [-0.2, -0.15) is 0 Å². The van der Waals surface area contributed by atoms with E-state index >= 15 is 0 Å². The molecule has 18 heavy (non-hydrogen) atoms. The van der Waals surface area contributed by atoms with E-state index in [0.717, 1.165) is 15.4 Å². The average Bonchev–Trinajstić information content (AvgIpc) is 2.27. The van der Waals surface area contributed by atoms with E-state index in [1.165, 1.54) is 0 Å². The Morgan fingerprint density at radius 1 is 1.44 bits per heavy atom. The molecular weight excluding hydrogens is 296 g/mol. The van der Waals surface area contributed by atoms with Gasteiger partial charge in [-0.25, -0.2) is 4.79 Å². The first-order valence-electron chi connectivity index (χ1n) is 5.58. The number of anilines is 1. The molecule has 5 heteroatoms. The number of carbonyl (C=O) groups is 1. The van der Waals surface area contributed by atoms with Crippen molar-refractivity contribution >= 4 is 38.6 Å². The first-order valence-corrected chi connectivity index (χ1v) is 6.37. The molecule has 2 rings (SSSR count). The van der Waals surface area contributed by atoms with Crippen molar-refractivity contribution in [2.24, 2.45) is 0 Å². The SMILES string of the molecule is CC(C)OC(=O)Nc1cccc2cc(Br)cnc12. The van der Waals surface area contributed by atoms with Gasteiger partial charge < -0.3 is 4.74 Å². The van der Waals surface area contributed by atoms with Crippen molar-refractivity contribution in [1.82, 2.24) is 4.98 Å². The summed E-state index contributed by atoms with van der Waals surface area (Å²) >= 11 is 3.37. The fourth-order valence-electron chi connectivity index (χ4n) is 1.59. The van der Waals surface area contributed by atoms with E-state index in [1.54, 1.807) is 26.1 Å². The third kappa shape index (κ3) is 2.98. The zero-order valence-electron chi connectivity index (χ0n) is 10.1. The molecule has 0 fully saturated rings. The van der Waals surface area contributed by atoms with Crippen LogP contribution in [0.1, 0.15) is 13.8 Å². The molecule has 0 saturated carbocycles. The molecule has 0 aliphatic rings. The highest BCUT2D eigenvalue weighted by Gasteiger charge is 2.09. The second kappa shape index (κ2) is 5.35. The Bertz CT molecular complexity index is 584. The molecule has 0 atom stereocenters. The Labute approximate surface area is 113 Å². The highest BCUT2D eigenvalue weighted by atomic mass is 79.9. The predicted octanol–water partition coefficient (Wildman–Crippen LogP) is 3.95. The molecule has 0 aliphatic carbocycles. The van der Waals surface area contributed by atoms with Gasteiger partial charge in [0.25, 0.3) is 0 Å². The Balaban J connectivity index is 2.31. The van der Waals surface area contributed by atoms with Crippen LogP contribution in [0.15, 0.2) is 34.9 Å². The number of fused-ring (bicyclic) bond motifs is 1. The van der Waals surface area contributed by atoms with E-state index < -0.39 is 6.09 Å². The molecule has 0 unspecified atom stereocenters. The number of ether oxygens (including phenoxy) is 1. The van der Waals surface area contributed by atoms with E-state index in [2.05, 4.69) is 26.2 Å². The largest absolute Gasteiger partial charge is 0.447 e. The lowest BCUT2D eigenvalue weighted by atomic mass is 10.2. The van der Waals surface area contributed by atoms with Gasteiger partial charge in [-0.15, -0.1) is 0 Å². The normalized spacial score (nSPS) is 10.7. The third-order valence-corrected chi connectivity index (χ3v) is 2.69. The van der Waals surface area contributed by atoms with Crippen molar-refractivity contribution < 1.29 is 9.53 Å². The molecule has 0 spiro atoms. The van der Waals surface area contributed by atoms with Crippen LogP contribution in [-0.2, 0) is 4.74 Å². The molecule has 0 bridgehead atoms. The second-order valence-electron chi connectivity index (χ2n) is 4.11. The molecule has 1 aromatic heterocycles. The number of halogens is 1. The predicted molar refractivity (Wildman–Crippen MR) is 74.7 cm³/mol. The first-order chi connectivity index (χ1) is 8.56.